The van der Waals surface area contributed by atoms with Crippen molar-refractivity contribution in [3.63, 3.8) is 0 Å². The Labute approximate surface area is 84.1 Å². The summed E-state index contributed by atoms with van der Waals surface area (Å²) in [6.07, 6.45) is 0. The summed E-state index contributed by atoms with van der Waals surface area (Å²) in [5, 5.41) is 0. The third-order valence-electron chi connectivity index (χ3n) is 1.29. The van der Waals surface area contributed by atoms with Crippen molar-refractivity contribution in [3.05, 3.63) is 34.3 Å². The van der Waals surface area contributed by atoms with Crippen LogP contribution in [0, 0.1) is 0 Å². The molecule has 0 saturated carbocycles. The van der Waals surface area contributed by atoms with E-state index in [0.29, 0.717) is 5.56 Å². The van der Waals surface area contributed by atoms with E-state index in [1.54, 1.807) is 18.2 Å². The smallest absolute Gasteiger partial charge is 0.212 e. The molecule has 1 rings (SSSR count). The average molecular weight is 270 g/mol. The van der Waals surface area contributed by atoms with Crippen LogP contribution in [0.5, 0.6) is 0 Å². The number of benzene rings is 1. The molecule has 0 unspecified atom stereocenters. The summed E-state index contributed by atoms with van der Waals surface area (Å²) < 4.78 is 22.2. The van der Waals surface area contributed by atoms with Crippen LogP contribution in [-0.2, 0) is 14.8 Å². The van der Waals surface area contributed by atoms with Gasteiger partial charge in [-0.1, -0.05) is 34.1 Å². The number of halogens is 2. The fourth-order valence-electron chi connectivity index (χ4n) is 0.801. The molecule has 0 heterocycles. The van der Waals surface area contributed by atoms with Gasteiger partial charge in [-0.15, -0.1) is 0 Å². The van der Waals surface area contributed by atoms with Crippen LogP contribution < -0.4 is 0 Å². The highest BCUT2D eigenvalue weighted by Crippen LogP contribution is 2.19. The van der Waals surface area contributed by atoms with E-state index in [1.807, 2.05) is 6.07 Å². The van der Waals surface area contributed by atoms with E-state index in [0.717, 1.165) is 4.47 Å². The van der Waals surface area contributed by atoms with Crippen LogP contribution in [0.4, 0.5) is 0 Å². The lowest BCUT2D eigenvalue weighted by molar-refractivity contribution is 0.609. The maximum absolute atomic E-state index is 10.7. The molecule has 0 bridgehead atoms. The Kier molecular flexibility index (Phi) is 3.15. The Morgan fingerprint density at radius 1 is 1.33 bits per heavy atom. The predicted molar refractivity (Wildman–Crippen MR) is 52.6 cm³/mol. The summed E-state index contributed by atoms with van der Waals surface area (Å²) in [4.78, 5) is 0. The average Bonchev–Trinajstić information content (AvgIpc) is 1.91. The molecule has 0 aliphatic heterocycles. The van der Waals surface area contributed by atoms with Gasteiger partial charge in [0.25, 0.3) is 0 Å². The minimum Gasteiger partial charge on any atom is -0.212 e. The minimum absolute atomic E-state index is 0.143. The van der Waals surface area contributed by atoms with Crippen molar-refractivity contribution in [2.24, 2.45) is 0 Å². The van der Waals surface area contributed by atoms with Gasteiger partial charge in [0.1, 0.15) is 0 Å². The lowest BCUT2D eigenvalue weighted by Gasteiger charge is -1.99. The first-order valence-electron chi connectivity index (χ1n) is 3.15. The lowest BCUT2D eigenvalue weighted by atomic mass is 10.2. The Bertz CT molecular complexity index is 375. The van der Waals surface area contributed by atoms with Crippen LogP contribution in [0.15, 0.2) is 28.7 Å². The van der Waals surface area contributed by atoms with Gasteiger partial charge in [0.05, 0.1) is 5.75 Å². The topological polar surface area (TPSA) is 34.1 Å². The molecule has 0 aliphatic rings. The number of hydrogen-bond donors (Lipinski definition) is 0. The molecule has 0 aromatic heterocycles. The molecule has 1 aromatic rings. The maximum Gasteiger partial charge on any atom is 0.236 e. The quantitative estimate of drug-likeness (QED) is 0.773. The van der Waals surface area contributed by atoms with Crippen LogP contribution in [0.3, 0.4) is 0 Å². The highest BCUT2D eigenvalue weighted by molar-refractivity contribution is 9.10. The molecule has 0 atom stereocenters. The van der Waals surface area contributed by atoms with E-state index in [4.69, 9.17) is 10.7 Å². The second-order valence-corrected chi connectivity index (χ2v) is 5.91. The summed E-state index contributed by atoms with van der Waals surface area (Å²) in [5.74, 6) is -0.143. The van der Waals surface area contributed by atoms with Crippen molar-refractivity contribution < 1.29 is 8.42 Å². The second-order valence-electron chi connectivity index (χ2n) is 2.27. The first kappa shape index (κ1) is 10.0. The summed E-state index contributed by atoms with van der Waals surface area (Å²) >= 11 is 3.23. The molecule has 5 heteroatoms. The van der Waals surface area contributed by atoms with Crippen molar-refractivity contribution in [3.8, 4) is 0 Å². The van der Waals surface area contributed by atoms with E-state index in [-0.39, 0.29) is 5.75 Å². The molecule has 12 heavy (non-hydrogen) atoms. The van der Waals surface area contributed by atoms with Gasteiger partial charge in [0.2, 0.25) is 9.05 Å². The monoisotopic (exact) mass is 268 g/mol. The molecule has 1 aromatic carbocycles. The normalized spacial score (nSPS) is 11.5. The van der Waals surface area contributed by atoms with Gasteiger partial charge in [0, 0.05) is 15.2 Å². The van der Waals surface area contributed by atoms with Crippen LogP contribution >= 0.6 is 26.6 Å². The molecular formula is C7H6BrClO2S. The minimum atomic E-state index is -3.46. The molecule has 2 nitrogen and oxygen atoms in total. The molecule has 0 amide bonds. The fraction of sp³-hybridized carbons (Fsp3) is 0.143. The van der Waals surface area contributed by atoms with E-state index < -0.39 is 9.05 Å². The summed E-state index contributed by atoms with van der Waals surface area (Å²) in [6, 6.07) is 7.07. The highest BCUT2D eigenvalue weighted by atomic mass is 79.9. The van der Waals surface area contributed by atoms with Gasteiger partial charge in [-0.05, 0) is 11.6 Å². The zero-order chi connectivity index (χ0) is 9.19. The SMILES string of the molecule is O=S(=O)(Cl)Cc1ccccc1Br. The van der Waals surface area contributed by atoms with Gasteiger partial charge in [-0.25, -0.2) is 8.42 Å². The Morgan fingerprint density at radius 2 is 1.92 bits per heavy atom. The van der Waals surface area contributed by atoms with Gasteiger partial charge >= 0.3 is 0 Å². The zero-order valence-corrected chi connectivity index (χ0v) is 9.16. The van der Waals surface area contributed by atoms with Gasteiger partial charge in [0.15, 0.2) is 0 Å². The van der Waals surface area contributed by atoms with E-state index in [2.05, 4.69) is 15.9 Å². The Balaban J connectivity index is 2.98. The molecule has 66 valence electrons. The lowest BCUT2D eigenvalue weighted by Crippen LogP contribution is -1.95. The Morgan fingerprint density at radius 3 is 2.42 bits per heavy atom. The summed E-state index contributed by atoms with van der Waals surface area (Å²) in [7, 11) is 1.63. The third-order valence-corrected chi connectivity index (χ3v) is 3.04. The van der Waals surface area contributed by atoms with Gasteiger partial charge in [-0.2, -0.15) is 0 Å². The first-order chi connectivity index (χ1) is 5.49. The van der Waals surface area contributed by atoms with Gasteiger partial charge in [-0.3, -0.25) is 0 Å². The maximum atomic E-state index is 10.7. The van der Waals surface area contributed by atoms with Crippen LogP contribution in [-0.4, -0.2) is 8.42 Å². The van der Waals surface area contributed by atoms with Crippen LogP contribution in [0.1, 0.15) is 5.56 Å². The predicted octanol–water partition coefficient (Wildman–Crippen LogP) is 2.52. The van der Waals surface area contributed by atoms with E-state index in [9.17, 15) is 8.42 Å². The summed E-state index contributed by atoms with van der Waals surface area (Å²) in [5.41, 5.74) is 0.674. The number of rotatable bonds is 2. The molecule has 0 aliphatic carbocycles. The van der Waals surface area contributed by atoms with Crippen molar-refractivity contribution in [2.45, 2.75) is 5.75 Å². The molecular weight excluding hydrogens is 263 g/mol. The molecule has 0 fully saturated rings. The van der Waals surface area contributed by atoms with E-state index in [1.165, 1.54) is 0 Å². The molecule has 0 saturated heterocycles. The van der Waals surface area contributed by atoms with Crippen molar-refractivity contribution in [1.29, 1.82) is 0 Å². The second kappa shape index (κ2) is 3.77. The van der Waals surface area contributed by atoms with Crippen molar-refractivity contribution in [1.82, 2.24) is 0 Å². The molecule has 0 N–H and O–H groups in total. The summed E-state index contributed by atoms with van der Waals surface area (Å²) in [6.45, 7) is 0. The highest BCUT2D eigenvalue weighted by Gasteiger charge is 2.08. The molecule has 0 radical (unpaired) electrons. The fourth-order valence-corrected chi connectivity index (χ4v) is 2.39. The largest absolute Gasteiger partial charge is 0.236 e. The number of hydrogen-bond acceptors (Lipinski definition) is 2. The van der Waals surface area contributed by atoms with Crippen LogP contribution in [0.2, 0.25) is 0 Å². The van der Waals surface area contributed by atoms with Gasteiger partial charge < -0.3 is 0 Å². The van der Waals surface area contributed by atoms with E-state index >= 15 is 0 Å². The first-order valence-corrected chi connectivity index (χ1v) is 6.42. The van der Waals surface area contributed by atoms with Crippen LogP contribution in [0.25, 0.3) is 0 Å². The molecule has 0 spiro atoms. The van der Waals surface area contributed by atoms with Crippen molar-refractivity contribution in [2.75, 3.05) is 0 Å². The van der Waals surface area contributed by atoms with Crippen molar-refractivity contribution >= 4 is 35.7 Å². The standard InChI is InChI=1S/C7H6BrClO2S/c8-7-4-2-1-3-6(7)5-12(9,10)11/h1-4H,5H2. The Hall–Kier alpha value is -0.0600. The third kappa shape index (κ3) is 3.13. The zero-order valence-electron chi connectivity index (χ0n) is 6.00.